The molecule has 6 heteroatoms. The quantitative estimate of drug-likeness (QED) is 0.602. The van der Waals surface area contributed by atoms with Gasteiger partial charge in [0.25, 0.3) is 0 Å². The zero-order valence-electron chi connectivity index (χ0n) is 8.36. The van der Waals surface area contributed by atoms with E-state index in [1.54, 1.807) is 7.05 Å². The Hall–Kier alpha value is -1.14. The first-order valence-corrected chi connectivity index (χ1v) is 4.45. The van der Waals surface area contributed by atoms with Gasteiger partial charge >= 0.3 is 6.03 Å². The van der Waals surface area contributed by atoms with Crippen molar-refractivity contribution in [2.45, 2.75) is 12.6 Å². The molecule has 80 valence electrons. The molecule has 0 saturated carbocycles. The second kappa shape index (κ2) is 4.39. The first-order chi connectivity index (χ1) is 6.57. The van der Waals surface area contributed by atoms with Gasteiger partial charge in [-0.1, -0.05) is 0 Å². The van der Waals surface area contributed by atoms with Crippen LogP contribution in [-0.4, -0.2) is 60.3 Å². The lowest BCUT2D eigenvalue weighted by molar-refractivity contribution is -0.131. The number of nitrogens with one attached hydrogen (secondary N) is 1. The third-order valence-corrected chi connectivity index (χ3v) is 2.29. The van der Waals surface area contributed by atoms with Gasteiger partial charge in [-0.05, 0) is 0 Å². The molecule has 1 saturated heterocycles. The van der Waals surface area contributed by atoms with Crippen LogP contribution < -0.4 is 5.32 Å². The zero-order valence-corrected chi connectivity index (χ0v) is 8.36. The predicted molar refractivity (Wildman–Crippen MR) is 49.4 cm³/mol. The van der Waals surface area contributed by atoms with Gasteiger partial charge in [0, 0.05) is 20.6 Å². The second-order valence-electron chi connectivity index (χ2n) is 3.24. The van der Waals surface area contributed by atoms with Crippen LogP contribution in [0.4, 0.5) is 4.79 Å². The third-order valence-electron chi connectivity index (χ3n) is 2.29. The van der Waals surface area contributed by atoms with Crippen LogP contribution in [0.15, 0.2) is 0 Å². The van der Waals surface area contributed by atoms with Crippen molar-refractivity contribution in [3.8, 4) is 0 Å². The van der Waals surface area contributed by atoms with Crippen molar-refractivity contribution in [1.82, 2.24) is 15.1 Å². The number of hydrogen-bond donors (Lipinski definition) is 2. The van der Waals surface area contributed by atoms with E-state index in [2.05, 4.69) is 5.32 Å². The van der Waals surface area contributed by atoms with E-state index in [0.717, 1.165) is 4.90 Å². The molecule has 0 radical (unpaired) electrons. The lowest BCUT2D eigenvalue weighted by Crippen LogP contribution is -2.58. The van der Waals surface area contributed by atoms with Gasteiger partial charge in [0.1, 0.15) is 0 Å². The molecule has 1 aliphatic rings. The summed E-state index contributed by atoms with van der Waals surface area (Å²) in [7, 11) is 3.09. The number of urea groups is 1. The predicted octanol–water partition coefficient (Wildman–Crippen LogP) is -1.19. The molecule has 1 fully saturated rings. The summed E-state index contributed by atoms with van der Waals surface area (Å²) >= 11 is 0. The maximum Gasteiger partial charge on any atom is 0.327 e. The van der Waals surface area contributed by atoms with E-state index in [1.165, 1.54) is 11.9 Å². The molecule has 0 aromatic carbocycles. The van der Waals surface area contributed by atoms with Gasteiger partial charge in [0.05, 0.1) is 19.2 Å². The number of aliphatic hydroxyl groups is 1. The lowest BCUT2D eigenvalue weighted by atomic mass is 10.2. The molecule has 1 unspecified atom stereocenters. The molecule has 1 atom stereocenters. The van der Waals surface area contributed by atoms with Crippen LogP contribution in [0.25, 0.3) is 0 Å². The molecule has 0 aliphatic carbocycles. The van der Waals surface area contributed by atoms with E-state index in [1.807, 2.05) is 0 Å². The molecule has 0 bridgehead atoms. The minimum atomic E-state index is -0.323. The maximum absolute atomic E-state index is 11.4. The van der Waals surface area contributed by atoms with Gasteiger partial charge in [-0.2, -0.15) is 0 Å². The van der Waals surface area contributed by atoms with Crippen LogP contribution >= 0.6 is 0 Å². The molecule has 14 heavy (non-hydrogen) atoms. The summed E-state index contributed by atoms with van der Waals surface area (Å²) in [5, 5.41) is 11.5. The Morgan fingerprint density at radius 1 is 1.50 bits per heavy atom. The number of aliphatic hydroxyl groups excluding tert-OH is 1. The van der Waals surface area contributed by atoms with E-state index < -0.39 is 0 Å². The molecule has 3 amide bonds. The molecule has 0 aromatic rings. The molecule has 0 aromatic heterocycles. The average Bonchev–Trinajstić information content (AvgIpc) is 2.18. The Morgan fingerprint density at radius 2 is 2.14 bits per heavy atom. The summed E-state index contributed by atoms with van der Waals surface area (Å²) in [5.41, 5.74) is 0. The minimum absolute atomic E-state index is 0.0113. The smallest absolute Gasteiger partial charge is 0.327 e. The van der Waals surface area contributed by atoms with E-state index in [4.69, 9.17) is 5.11 Å². The summed E-state index contributed by atoms with van der Waals surface area (Å²) in [6.07, 6.45) is -0.0583. The third kappa shape index (κ3) is 2.02. The molecular weight excluding hydrogens is 186 g/mol. The maximum atomic E-state index is 11.4. The number of hydrogen-bond acceptors (Lipinski definition) is 4. The highest BCUT2D eigenvalue weighted by molar-refractivity contribution is 5.96. The fraction of sp³-hybridized carbons (Fsp3) is 0.750. The highest BCUT2D eigenvalue weighted by Gasteiger charge is 2.33. The summed E-state index contributed by atoms with van der Waals surface area (Å²) < 4.78 is 0. The largest absolute Gasteiger partial charge is 0.395 e. The Bertz CT molecular complexity index is 244. The molecule has 2 N–H and O–H groups in total. The van der Waals surface area contributed by atoms with Crippen LogP contribution in [0.3, 0.4) is 0 Å². The molecular formula is C8H15N3O3. The normalized spacial score (nSPS) is 23.2. The Kier molecular flexibility index (Phi) is 3.43. The van der Waals surface area contributed by atoms with E-state index in [0.29, 0.717) is 6.54 Å². The average molecular weight is 201 g/mol. The van der Waals surface area contributed by atoms with Crippen molar-refractivity contribution in [3.63, 3.8) is 0 Å². The van der Waals surface area contributed by atoms with E-state index in [9.17, 15) is 9.59 Å². The molecule has 1 rings (SSSR count). The van der Waals surface area contributed by atoms with Gasteiger partial charge in [-0.25, -0.2) is 4.79 Å². The fourth-order valence-corrected chi connectivity index (χ4v) is 1.36. The minimum Gasteiger partial charge on any atom is -0.395 e. The number of imide groups is 1. The van der Waals surface area contributed by atoms with Crippen molar-refractivity contribution < 1.29 is 14.7 Å². The summed E-state index contributed by atoms with van der Waals surface area (Å²) in [6.45, 7) is 0.363. The number of nitrogens with zero attached hydrogens (tertiary/aromatic N) is 2. The van der Waals surface area contributed by atoms with Crippen LogP contribution in [0.1, 0.15) is 6.42 Å². The molecule has 6 nitrogen and oxygen atoms in total. The lowest BCUT2D eigenvalue weighted by Gasteiger charge is -2.36. The van der Waals surface area contributed by atoms with Crippen molar-refractivity contribution in [3.05, 3.63) is 0 Å². The highest BCUT2D eigenvalue weighted by atomic mass is 16.3. The van der Waals surface area contributed by atoms with E-state index in [-0.39, 0.29) is 31.1 Å². The van der Waals surface area contributed by atoms with Crippen LogP contribution in [0, 0.1) is 0 Å². The summed E-state index contributed by atoms with van der Waals surface area (Å²) in [5.74, 6) is -0.205. The van der Waals surface area contributed by atoms with Crippen molar-refractivity contribution in [2.24, 2.45) is 0 Å². The first kappa shape index (κ1) is 10.9. The van der Waals surface area contributed by atoms with Crippen molar-refractivity contribution >= 4 is 11.9 Å². The zero-order chi connectivity index (χ0) is 10.7. The number of rotatable bonds is 3. The van der Waals surface area contributed by atoms with Crippen LogP contribution in [0.2, 0.25) is 0 Å². The second-order valence-corrected chi connectivity index (χ2v) is 3.24. The highest BCUT2D eigenvalue weighted by Crippen LogP contribution is 2.11. The SMILES string of the molecule is CN1C(=O)CC(NCCO)N(C)C1=O. The Morgan fingerprint density at radius 3 is 2.71 bits per heavy atom. The molecule has 1 heterocycles. The van der Waals surface area contributed by atoms with Gasteiger partial charge in [0.2, 0.25) is 5.91 Å². The van der Waals surface area contributed by atoms with Gasteiger partial charge in [0.15, 0.2) is 0 Å². The molecule has 0 spiro atoms. The fourth-order valence-electron chi connectivity index (χ4n) is 1.36. The number of carbonyl (C=O) groups is 2. The van der Waals surface area contributed by atoms with Crippen molar-refractivity contribution in [1.29, 1.82) is 0 Å². The number of amides is 3. The van der Waals surface area contributed by atoms with Gasteiger partial charge in [-0.3, -0.25) is 15.0 Å². The number of carbonyl (C=O) groups excluding carboxylic acids is 2. The first-order valence-electron chi connectivity index (χ1n) is 4.45. The summed E-state index contributed by atoms with van der Waals surface area (Å²) in [4.78, 5) is 25.3. The van der Waals surface area contributed by atoms with Crippen LogP contribution in [-0.2, 0) is 4.79 Å². The Balaban J connectivity index is 2.61. The van der Waals surface area contributed by atoms with Gasteiger partial charge < -0.3 is 10.0 Å². The van der Waals surface area contributed by atoms with Crippen molar-refractivity contribution in [2.75, 3.05) is 27.2 Å². The molecule has 1 aliphatic heterocycles. The van der Waals surface area contributed by atoms with E-state index >= 15 is 0 Å². The topological polar surface area (TPSA) is 72.9 Å². The monoisotopic (exact) mass is 201 g/mol. The van der Waals surface area contributed by atoms with Gasteiger partial charge in [-0.15, -0.1) is 0 Å². The van der Waals surface area contributed by atoms with Crippen LogP contribution in [0.5, 0.6) is 0 Å². The standard InChI is InChI=1S/C8H15N3O3/c1-10-6(9-3-4-12)5-7(13)11(2)8(10)14/h6,9,12H,3-5H2,1-2H3. The Labute approximate surface area is 82.5 Å². The summed E-state index contributed by atoms with van der Waals surface area (Å²) in [6, 6.07) is -0.323.